The average Bonchev–Trinajstić information content (AvgIpc) is 3.02. The van der Waals surface area contributed by atoms with Crippen molar-refractivity contribution in [1.82, 2.24) is 5.48 Å². The Morgan fingerprint density at radius 2 is 1.52 bits per heavy atom. The normalized spacial score (nSPS) is 11.7. The number of azo groups is 2. The summed E-state index contributed by atoms with van der Waals surface area (Å²) >= 11 is 1.01. The summed E-state index contributed by atoms with van der Waals surface area (Å²) < 4.78 is 39.4. The molecule has 0 atom stereocenters. The second-order valence-electron chi connectivity index (χ2n) is 9.43. The largest absolute Gasteiger partial charge is 0.506 e. The summed E-state index contributed by atoms with van der Waals surface area (Å²) in [4.78, 5) is 4.71. The van der Waals surface area contributed by atoms with Gasteiger partial charge in [0.25, 0.3) is 10.1 Å². The van der Waals surface area contributed by atoms with Crippen molar-refractivity contribution in [2.45, 2.75) is 16.7 Å². The Bertz CT molecular complexity index is 2010. The Labute approximate surface area is 281 Å². The third-order valence-electron chi connectivity index (χ3n) is 6.30. The minimum Gasteiger partial charge on any atom is -0.506 e. The monoisotopic (exact) mass is 710 g/mol. The molecule has 5 aromatic rings. The van der Waals surface area contributed by atoms with Crippen molar-refractivity contribution in [1.29, 1.82) is 0 Å². The van der Waals surface area contributed by atoms with E-state index in [4.69, 9.17) is 4.33 Å². The van der Waals surface area contributed by atoms with Crippen LogP contribution in [0.5, 0.6) is 11.5 Å². The first kappa shape index (κ1) is 34.6. The van der Waals surface area contributed by atoms with Gasteiger partial charge in [-0.15, -0.1) is 19.6 Å². The Kier molecular flexibility index (Phi) is 11.5. The van der Waals surface area contributed by atoms with Gasteiger partial charge < -0.3 is 15.5 Å². The number of nitrogens with one attached hydrogen (secondary N) is 2. The zero-order chi connectivity index (χ0) is 32.0. The van der Waals surface area contributed by atoms with Crippen LogP contribution in [0.2, 0.25) is 0 Å². The standard InChI is InChI=1S/C30H26N6O7S2.Zn/c1-18-14-26(27(37)17-25(18)34-33-21-8-11-23(12-9-21)44-43-42-31-2)35-36-29-28(45(39,40)41)16-19-15-22(10-13-24(19)30(29)38)32-20-6-4-3-5-7-20;/h3-17,31-32,37-38H,1-2H3,(H,39,40,41);. The Morgan fingerprint density at radius 1 is 0.804 bits per heavy atom. The molecule has 46 heavy (non-hydrogen) atoms. The smallest absolute Gasteiger partial charge is 0.296 e. The average molecular weight is 712 g/mol. The van der Waals surface area contributed by atoms with Crippen LogP contribution in [0.3, 0.4) is 0 Å². The van der Waals surface area contributed by atoms with Gasteiger partial charge in [0.1, 0.15) is 22.0 Å². The molecule has 5 N–H and O–H groups in total. The maximum absolute atomic E-state index is 12.3. The second-order valence-corrected chi connectivity index (χ2v) is 11.6. The number of rotatable bonds is 11. The van der Waals surface area contributed by atoms with E-state index in [-0.39, 0.29) is 36.3 Å². The van der Waals surface area contributed by atoms with Gasteiger partial charge in [-0.05, 0) is 84.6 Å². The number of hydrogen-bond donors (Lipinski definition) is 5. The molecule has 16 heteroatoms. The number of para-hydroxylation sites is 1. The maximum Gasteiger partial charge on any atom is 0.296 e. The fraction of sp³-hybridized carbons (Fsp3) is 0.0667. The van der Waals surface area contributed by atoms with Crippen molar-refractivity contribution in [2.75, 3.05) is 12.4 Å². The SMILES string of the molecule is CNOOSc1ccc(N=Nc2cc(O)c(N=Nc3c(S(=O)(=O)O)cc4cc(Nc5ccccc5)ccc4c3O)cc2C)cc1.[Zn]. The number of anilines is 2. The molecule has 0 bridgehead atoms. The molecule has 0 aliphatic heterocycles. The molecule has 5 rings (SSSR count). The van der Waals surface area contributed by atoms with Crippen molar-refractivity contribution in [2.24, 2.45) is 20.5 Å². The topological polar surface area (TPSA) is 187 Å². The molecule has 0 spiro atoms. The van der Waals surface area contributed by atoms with Crippen LogP contribution in [0.1, 0.15) is 5.56 Å². The molecule has 0 saturated heterocycles. The molecule has 232 valence electrons. The number of fused-ring (bicyclic) bond motifs is 1. The first-order chi connectivity index (χ1) is 21.6. The van der Waals surface area contributed by atoms with Crippen molar-refractivity contribution < 1.29 is 52.0 Å². The fourth-order valence-electron chi connectivity index (χ4n) is 4.14. The molecule has 0 amide bonds. The Morgan fingerprint density at radius 3 is 2.22 bits per heavy atom. The Hall–Kier alpha value is -4.28. The van der Waals surface area contributed by atoms with Gasteiger partial charge in [0.2, 0.25) is 0 Å². The summed E-state index contributed by atoms with van der Waals surface area (Å²) in [5, 5.41) is 41.7. The minimum absolute atomic E-state index is 0. The van der Waals surface area contributed by atoms with E-state index in [2.05, 4.69) is 36.2 Å². The van der Waals surface area contributed by atoms with Crippen LogP contribution in [0, 0.1) is 6.92 Å². The summed E-state index contributed by atoms with van der Waals surface area (Å²) in [5.41, 5.74) is 4.77. The molecule has 0 aromatic heterocycles. The van der Waals surface area contributed by atoms with E-state index in [1.165, 1.54) is 18.2 Å². The molecule has 0 saturated carbocycles. The van der Waals surface area contributed by atoms with E-state index >= 15 is 0 Å². The van der Waals surface area contributed by atoms with Gasteiger partial charge in [0, 0.05) is 54.2 Å². The quantitative estimate of drug-likeness (QED) is 0.0169. The van der Waals surface area contributed by atoms with Crippen LogP contribution in [-0.2, 0) is 38.9 Å². The molecule has 5 aromatic carbocycles. The third-order valence-corrected chi connectivity index (χ3v) is 7.77. The van der Waals surface area contributed by atoms with Crippen LogP contribution in [0.4, 0.5) is 34.1 Å². The van der Waals surface area contributed by atoms with Crippen molar-refractivity contribution in [3.63, 3.8) is 0 Å². The van der Waals surface area contributed by atoms with E-state index in [1.807, 2.05) is 30.3 Å². The number of phenolic OH excluding ortho intramolecular Hbond substituents is 2. The molecule has 0 heterocycles. The number of nitrogens with zero attached hydrogens (tertiary/aromatic N) is 4. The molecular weight excluding hydrogens is 686 g/mol. The van der Waals surface area contributed by atoms with Gasteiger partial charge in [-0.25, -0.2) is 0 Å². The van der Waals surface area contributed by atoms with Crippen LogP contribution < -0.4 is 10.8 Å². The van der Waals surface area contributed by atoms with Gasteiger partial charge in [-0.3, -0.25) is 4.55 Å². The van der Waals surface area contributed by atoms with E-state index in [9.17, 15) is 23.2 Å². The zero-order valence-electron chi connectivity index (χ0n) is 24.4. The molecule has 0 radical (unpaired) electrons. The molecule has 0 aliphatic rings. The van der Waals surface area contributed by atoms with Gasteiger partial charge >= 0.3 is 0 Å². The van der Waals surface area contributed by atoms with Crippen molar-refractivity contribution in [3.8, 4) is 11.5 Å². The van der Waals surface area contributed by atoms with E-state index < -0.39 is 26.5 Å². The molecule has 0 aliphatic carbocycles. The fourth-order valence-corrected chi connectivity index (χ4v) is 5.23. The van der Waals surface area contributed by atoms with Crippen LogP contribution in [0.15, 0.2) is 121 Å². The third kappa shape index (κ3) is 8.50. The number of benzene rings is 5. The molecule has 13 nitrogen and oxygen atoms in total. The minimum atomic E-state index is -4.83. The maximum atomic E-state index is 12.3. The number of phenols is 2. The molecule has 0 fully saturated rings. The summed E-state index contributed by atoms with van der Waals surface area (Å²) in [6.07, 6.45) is 0. The van der Waals surface area contributed by atoms with Crippen LogP contribution in [0.25, 0.3) is 10.8 Å². The molecular formula is C30H26N6O7S2Zn. The first-order valence-electron chi connectivity index (χ1n) is 13.2. The number of aromatic hydroxyl groups is 2. The number of hydroxylamine groups is 1. The predicted molar refractivity (Wildman–Crippen MR) is 170 cm³/mol. The zero-order valence-corrected chi connectivity index (χ0v) is 29.0. The van der Waals surface area contributed by atoms with Gasteiger partial charge in [-0.1, -0.05) is 18.2 Å². The van der Waals surface area contributed by atoms with E-state index in [1.54, 1.807) is 56.4 Å². The van der Waals surface area contributed by atoms with Gasteiger partial charge in [0.05, 0.1) is 23.4 Å². The summed E-state index contributed by atoms with van der Waals surface area (Å²) in [6.45, 7) is 1.71. The van der Waals surface area contributed by atoms with Crippen molar-refractivity contribution in [3.05, 3.63) is 96.6 Å². The summed E-state index contributed by atoms with van der Waals surface area (Å²) in [6, 6.07) is 25.2. The van der Waals surface area contributed by atoms with E-state index in [0.717, 1.165) is 22.6 Å². The van der Waals surface area contributed by atoms with Gasteiger partial charge in [0.15, 0.2) is 5.75 Å². The Balaban J connectivity index is 0.00000480. The van der Waals surface area contributed by atoms with Crippen LogP contribution in [-0.4, -0.2) is 30.2 Å². The van der Waals surface area contributed by atoms with Crippen LogP contribution >= 0.6 is 12.0 Å². The predicted octanol–water partition coefficient (Wildman–Crippen LogP) is 8.47. The van der Waals surface area contributed by atoms with Crippen molar-refractivity contribution >= 4 is 67.1 Å². The summed E-state index contributed by atoms with van der Waals surface area (Å²) in [7, 11) is -3.27. The number of aryl methyl sites for hydroxylation is 1. The second kappa shape index (κ2) is 15.3. The summed E-state index contributed by atoms with van der Waals surface area (Å²) in [5.74, 6) is -0.834. The van der Waals surface area contributed by atoms with Gasteiger partial charge in [-0.2, -0.15) is 24.1 Å². The number of hydrogen-bond acceptors (Lipinski definition) is 13. The van der Waals surface area contributed by atoms with E-state index in [0.29, 0.717) is 28.0 Å². The first-order valence-corrected chi connectivity index (χ1v) is 15.3. The molecule has 0 unspecified atom stereocenters.